The van der Waals surface area contributed by atoms with Crippen molar-refractivity contribution in [1.29, 1.82) is 0 Å². The second-order valence-corrected chi connectivity index (χ2v) is 4.40. The van der Waals surface area contributed by atoms with Crippen molar-refractivity contribution in [1.82, 2.24) is 0 Å². The van der Waals surface area contributed by atoms with Crippen LogP contribution in [0, 0.1) is 0 Å². The lowest BCUT2D eigenvalue weighted by Gasteiger charge is -2.34. The molecular formula is C12H14ClNO2. The number of hydrogen-bond acceptors (Lipinski definition) is 3. The van der Waals surface area contributed by atoms with Crippen LogP contribution in [0.25, 0.3) is 0 Å². The van der Waals surface area contributed by atoms with Crippen LogP contribution in [0.2, 0.25) is 5.02 Å². The molecule has 0 fully saturated rings. The van der Waals surface area contributed by atoms with Gasteiger partial charge in [-0.2, -0.15) is 0 Å². The highest BCUT2D eigenvalue weighted by Gasteiger charge is 2.29. The fourth-order valence-electron chi connectivity index (χ4n) is 2.16. The van der Waals surface area contributed by atoms with E-state index in [0.717, 1.165) is 23.6 Å². The van der Waals surface area contributed by atoms with E-state index in [2.05, 4.69) is 0 Å². The molecule has 4 heteroatoms. The molecule has 0 aromatic heterocycles. The second kappa shape index (κ2) is 4.34. The maximum atomic E-state index is 11.6. The highest BCUT2D eigenvalue weighted by molar-refractivity contribution is 6.30. The Morgan fingerprint density at radius 1 is 1.56 bits per heavy atom. The van der Waals surface area contributed by atoms with Gasteiger partial charge in [0.15, 0.2) is 0 Å². The average Bonchev–Trinajstić information content (AvgIpc) is 2.28. The smallest absolute Gasteiger partial charge is 0.328 e. The highest BCUT2D eigenvalue weighted by Crippen LogP contribution is 2.31. The summed E-state index contributed by atoms with van der Waals surface area (Å²) in [6.07, 6.45) is 1.64. The fraction of sp³-hybridized carbons (Fsp3) is 0.417. The molecule has 1 aromatic carbocycles. The summed E-state index contributed by atoms with van der Waals surface area (Å²) in [4.78, 5) is 13.5. The SMILES string of the molecule is COC(=O)C1CCc2cc(Cl)ccc2N1C. The molecular weight excluding hydrogens is 226 g/mol. The molecule has 1 unspecified atom stereocenters. The fourth-order valence-corrected chi connectivity index (χ4v) is 2.36. The van der Waals surface area contributed by atoms with E-state index >= 15 is 0 Å². The average molecular weight is 240 g/mol. The quantitative estimate of drug-likeness (QED) is 0.704. The summed E-state index contributed by atoms with van der Waals surface area (Å²) >= 11 is 5.94. The van der Waals surface area contributed by atoms with Crippen molar-refractivity contribution < 1.29 is 9.53 Å². The molecule has 0 aliphatic carbocycles. The summed E-state index contributed by atoms with van der Waals surface area (Å²) in [5.41, 5.74) is 2.25. The van der Waals surface area contributed by atoms with Gasteiger partial charge in [0, 0.05) is 17.8 Å². The van der Waals surface area contributed by atoms with Crippen LogP contribution in [0.5, 0.6) is 0 Å². The largest absolute Gasteiger partial charge is 0.467 e. The first-order valence-electron chi connectivity index (χ1n) is 5.22. The van der Waals surface area contributed by atoms with Crippen LogP contribution in [0.4, 0.5) is 5.69 Å². The number of benzene rings is 1. The molecule has 86 valence electrons. The summed E-state index contributed by atoms with van der Waals surface area (Å²) in [6.45, 7) is 0. The van der Waals surface area contributed by atoms with Gasteiger partial charge in [0.25, 0.3) is 0 Å². The number of fused-ring (bicyclic) bond motifs is 1. The van der Waals surface area contributed by atoms with Gasteiger partial charge in [0.1, 0.15) is 6.04 Å². The van der Waals surface area contributed by atoms with E-state index in [0.29, 0.717) is 0 Å². The van der Waals surface area contributed by atoms with Crippen LogP contribution in [0.3, 0.4) is 0 Å². The molecule has 16 heavy (non-hydrogen) atoms. The molecule has 1 heterocycles. The van der Waals surface area contributed by atoms with Crippen LogP contribution in [-0.2, 0) is 16.0 Å². The van der Waals surface area contributed by atoms with E-state index in [4.69, 9.17) is 16.3 Å². The lowest BCUT2D eigenvalue weighted by molar-refractivity contribution is -0.142. The molecule has 3 nitrogen and oxygen atoms in total. The first-order valence-corrected chi connectivity index (χ1v) is 5.60. The Labute approximate surface area is 100.0 Å². The third-order valence-electron chi connectivity index (χ3n) is 3.05. The number of esters is 1. The Hall–Kier alpha value is -1.22. The van der Waals surface area contributed by atoms with Gasteiger partial charge in [0.05, 0.1) is 7.11 Å². The van der Waals surface area contributed by atoms with Crippen molar-refractivity contribution in [3.8, 4) is 0 Å². The summed E-state index contributed by atoms with van der Waals surface area (Å²) in [5, 5.41) is 0.740. The summed E-state index contributed by atoms with van der Waals surface area (Å²) in [7, 11) is 3.33. The number of methoxy groups -OCH3 is 1. The third-order valence-corrected chi connectivity index (χ3v) is 3.28. The summed E-state index contributed by atoms with van der Waals surface area (Å²) in [6, 6.07) is 5.57. The van der Waals surface area contributed by atoms with Crippen LogP contribution in [0.15, 0.2) is 18.2 Å². The number of likely N-dealkylation sites (N-methyl/N-ethyl adjacent to an activating group) is 1. The van der Waals surface area contributed by atoms with Crippen molar-refractivity contribution in [3.63, 3.8) is 0 Å². The Balaban J connectivity index is 2.32. The molecule has 0 bridgehead atoms. The molecule has 2 rings (SSSR count). The minimum atomic E-state index is -0.182. The zero-order valence-corrected chi connectivity index (χ0v) is 10.1. The first-order chi connectivity index (χ1) is 7.63. The molecule has 0 amide bonds. The molecule has 0 saturated heterocycles. The predicted octanol–water partition coefficient (Wildman–Crippen LogP) is 2.26. The number of carbonyl (C=O) groups is 1. The molecule has 1 aliphatic rings. The highest BCUT2D eigenvalue weighted by atomic mass is 35.5. The number of anilines is 1. The summed E-state index contributed by atoms with van der Waals surface area (Å²) in [5.74, 6) is -0.178. The van der Waals surface area contributed by atoms with Crippen LogP contribution >= 0.6 is 11.6 Å². The minimum absolute atomic E-state index is 0.178. The number of halogens is 1. The Bertz CT molecular complexity index is 419. The van der Waals surface area contributed by atoms with Crippen LogP contribution in [0.1, 0.15) is 12.0 Å². The monoisotopic (exact) mass is 239 g/mol. The zero-order chi connectivity index (χ0) is 11.7. The first kappa shape index (κ1) is 11.3. The van der Waals surface area contributed by atoms with Gasteiger partial charge in [-0.15, -0.1) is 0 Å². The lowest BCUT2D eigenvalue weighted by atomic mass is 9.96. The van der Waals surface area contributed by atoms with Crippen molar-refractivity contribution in [2.75, 3.05) is 19.1 Å². The molecule has 1 aromatic rings. The Morgan fingerprint density at radius 2 is 2.31 bits per heavy atom. The van der Waals surface area contributed by atoms with Crippen molar-refractivity contribution in [2.45, 2.75) is 18.9 Å². The Morgan fingerprint density at radius 3 is 3.00 bits per heavy atom. The number of ether oxygens (including phenoxy) is 1. The van der Waals surface area contributed by atoms with E-state index < -0.39 is 0 Å². The number of aryl methyl sites for hydroxylation is 1. The third kappa shape index (κ3) is 1.87. The molecule has 1 atom stereocenters. The van der Waals surface area contributed by atoms with Crippen LogP contribution in [-0.4, -0.2) is 26.2 Å². The maximum Gasteiger partial charge on any atom is 0.328 e. The van der Waals surface area contributed by atoms with E-state index in [-0.39, 0.29) is 12.0 Å². The Kier molecular flexibility index (Phi) is 3.06. The van der Waals surface area contributed by atoms with E-state index in [9.17, 15) is 4.79 Å². The normalized spacial score (nSPS) is 19.2. The number of nitrogens with zero attached hydrogens (tertiary/aromatic N) is 1. The van der Waals surface area contributed by atoms with E-state index in [1.165, 1.54) is 12.7 Å². The molecule has 0 radical (unpaired) electrons. The predicted molar refractivity (Wildman–Crippen MR) is 64.0 cm³/mol. The standard InChI is InChI=1S/C12H14ClNO2/c1-14-10-6-4-9(13)7-8(10)3-5-11(14)12(15)16-2/h4,6-7,11H,3,5H2,1-2H3. The number of hydrogen-bond donors (Lipinski definition) is 0. The second-order valence-electron chi connectivity index (χ2n) is 3.96. The van der Waals surface area contributed by atoms with E-state index in [1.807, 2.05) is 30.1 Å². The van der Waals surface area contributed by atoms with Crippen molar-refractivity contribution in [3.05, 3.63) is 28.8 Å². The number of rotatable bonds is 1. The van der Waals surface area contributed by atoms with E-state index in [1.54, 1.807) is 0 Å². The molecule has 0 spiro atoms. The molecule has 0 N–H and O–H groups in total. The maximum absolute atomic E-state index is 11.6. The van der Waals surface area contributed by atoms with Gasteiger partial charge >= 0.3 is 5.97 Å². The van der Waals surface area contributed by atoms with Gasteiger partial charge in [-0.25, -0.2) is 4.79 Å². The van der Waals surface area contributed by atoms with Gasteiger partial charge < -0.3 is 9.64 Å². The van der Waals surface area contributed by atoms with Crippen molar-refractivity contribution >= 4 is 23.3 Å². The summed E-state index contributed by atoms with van der Waals surface area (Å²) < 4.78 is 4.79. The zero-order valence-electron chi connectivity index (χ0n) is 9.37. The molecule has 1 aliphatic heterocycles. The number of carbonyl (C=O) groups excluding carboxylic acids is 1. The van der Waals surface area contributed by atoms with Gasteiger partial charge in [0.2, 0.25) is 0 Å². The van der Waals surface area contributed by atoms with Gasteiger partial charge in [-0.3, -0.25) is 0 Å². The topological polar surface area (TPSA) is 29.5 Å². The minimum Gasteiger partial charge on any atom is -0.467 e. The van der Waals surface area contributed by atoms with Gasteiger partial charge in [-0.05, 0) is 36.6 Å². The van der Waals surface area contributed by atoms with Crippen LogP contribution < -0.4 is 4.90 Å². The lowest BCUT2D eigenvalue weighted by Crippen LogP contribution is -2.42. The van der Waals surface area contributed by atoms with Gasteiger partial charge in [-0.1, -0.05) is 11.6 Å². The molecule has 0 saturated carbocycles. The van der Waals surface area contributed by atoms with Crippen molar-refractivity contribution in [2.24, 2.45) is 0 Å².